The van der Waals surface area contributed by atoms with E-state index in [0.29, 0.717) is 30.9 Å². The van der Waals surface area contributed by atoms with Crippen molar-refractivity contribution in [2.45, 2.75) is 57.2 Å². The van der Waals surface area contributed by atoms with E-state index in [1.165, 1.54) is 6.42 Å². The lowest BCUT2D eigenvalue weighted by Gasteiger charge is -2.42. The number of fused-ring (bicyclic) bond motifs is 1. The summed E-state index contributed by atoms with van der Waals surface area (Å²) in [5, 5.41) is 7.39. The number of amides is 2. The van der Waals surface area contributed by atoms with E-state index in [2.05, 4.69) is 10.5 Å². The first-order valence-electron chi connectivity index (χ1n) is 10.0. The van der Waals surface area contributed by atoms with Crippen LogP contribution in [0.2, 0.25) is 0 Å². The predicted molar refractivity (Wildman–Crippen MR) is 112 cm³/mol. The van der Waals surface area contributed by atoms with Gasteiger partial charge in [0, 0.05) is 13.1 Å². The average Bonchev–Trinajstić information content (AvgIpc) is 3.06. The van der Waals surface area contributed by atoms with Crippen molar-refractivity contribution in [3.63, 3.8) is 0 Å². The highest BCUT2D eigenvalue weighted by molar-refractivity contribution is 5.91. The number of benzene rings is 1. The molecule has 0 radical (unpaired) electrons. The molecule has 2 aromatic rings. The predicted octanol–water partition coefficient (Wildman–Crippen LogP) is 1.96. The summed E-state index contributed by atoms with van der Waals surface area (Å²) >= 11 is 0. The molecular formula is C20H28ClN5O3. The van der Waals surface area contributed by atoms with Gasteiger partial charge in [-0.05, 0) is 42.9 Å². The van der Waals surface area contributed by atoms with Crippen molar-refractivity contribution < 1.29 is 14.1 Å². The largest absolute Gasteiger partial charge is 0.380 e. The third-order valence-corrected chi connectivity index (χ3v) is 6.08. The Balaban J connectivity index is 0.00000240. The highest BCUT2D eigenvalue weighted by atomic mass is 35.5. The maximum Gasteiger partial charge on any atom is 0.243 e. The minimum Gasteiger partial charge on any atom is -0.380 e. The molecule has 5 N–H and O–H groups in total. The highest BCUT2D eigenvalue weighted by Gasteiger charge is 2.41. The Bertz CT molecular complexity index is 880. The molecule has 0 spiro atoms. The Labute approximate surface area is 175 Å². The molecule has 2 heterocycles. The van der Waals surface area contributed by atoms with Crippen LogP contribution >= 0.6 is 12.4 Å². The molecule has 4 rings (SSSR count). The maximum atomic E-state index is 12.8. The number of carbonyl (C=O) groups excluding carboxylic acids is 2. The first-order chi connectivity index (χ1) is 13.5. The second-order valence-electron chi connectivity index (χ2n) is 7.88. The lowest BCUT2D eigenvalue weighted by molar-refractivity contribution is -0.149. The summed E-state index contributed by atoms with van der Waals surface area (Å²) in [6.07, 6.45) is 6.18. The summed E-state index contributed by atoms with van der Waals surface area (Å²) in [7, 11) is 0. The fraction of sp³-hybridized carbons (Fsp3) is 0.550. The normalized spacial score (nSPS) is 20.6. The van der Waals surface area contributed by atoms with E-state index in [4.69, 9.17) is 16.0 Å². The van der Waals surface area contributed by atoms with E-state index in [0.717, 1.165) is 36.6 Å². The van der Waals surface area contributed by atoms with Gasteiger partial charge in [-0.25, -0.2) is 0 Å². The molecule has 2 fully saturated rings. The van der Waals surface area contributed by atoms with Crippen LogP contribution in [0.15, 0.2) is 22.7 Å². The van der Waals surface area contributed by atoms with E-state index in [9.17, 15) is 9.59 Å². The molecule has 1 saturated carbocycles. The fourth-order valence-corrected chi connectivity index (χ4v) is 4.23. The molecule has 29 heavy (non-hydrogen) atoms. The topological polar surface area (TPSA) is 127 Å². The van der Waals surface area contributed by atoms with E-state index < -0.39 is 12.1 Å². The third kappa shape index (κ3) is 4.33. The van der Waals surface area contributed by atoms with Gasteiger partial charge in [0.05, 0.1) is 11.4 Å². The number of rotatable bonds is 5. The minimum atomic E-state index is -0.491. The van der Waals surface area contributed by atoms with Crippen LogP contribution in [0, 0.1) is 5.92 Å². The highest BCUT2D eigenvalue weighted by Crippen LogP contribution is 2.28. The quantitative estimate of drug-likeness (QED) is 0.677. The SMILES string of the molecule is Cl.Nc1noc2cc(CNC(=O)C3CCN3C(=O)C(N)C3CCCCC3)ccc12. The number of likely N-dealkylation sites (tertiary alicyclic amines) is 1. The number of carbonyl (C=O) groups is 2. The summed E-state index contributed by atoms with van der Waals surface area (Å²) in [5.74, 6) is 0.361. The number of halogens is 1. The Morgan fingerprint density at radius 2 is 2.00 bits per heavy atom. The zero-order valence-corrected chi connectivity index (χ0v) is 17.1. The molecule has 8 nitrogen and oxygen atoms in total. The molecule has 1 aromatic heterocycles. The number of nitrogens with two attached hydrogens (primary N) is 2. The lowest BCUT2D eigenvalue weighted by Crippen LogP contribution is -2.62. The van der Waals surface area contributed by atoms with Crippen LogP contribution in [0.4, 0.5) is 5.82 Å². The van der Waals surface area contributed by atoms with Gasteiger partial charge in [-0.2, -0.15) is 0 Å². The Kier molecular flexibility index (Phi) is 6.64. The number of hydrogen-bond donors (Lipinski definition) is 3. The fourth-order valence-electron chi connectivity index (χ4n) is 4.23. The second kappa shape index (κ2) is 9.00. The van der Waals surface area contributed by atoms with Gasteiger partial charge in [-0.3, -0.25) is 9.59 Å². The molecule has 2 aliphatic rings. The van der Waals surface area contributed by atoms with Crippen LogP contribution in [0.25, 0.3) is 11.0 Å². The number of hydrogen-bond acceptors (Lipinski definition) is 6. The summed E-state index contributed by atoms with van der Waals surface area (Å²) in [4.78, 5) is 27.0. The zero-order chi connectivity index (χ0) is 19.7. The second-order valence-corrected chi connectivity index (χ2v) is 7.88. The van der Waals surface area contributed by atoms with Crippen molar-refractivity contribution in [1.82, 2.24) is 15.4 Å². The van der Waals surface area contributed by atoms with Gasteiger partial charge in [-0.15, -0.1) is 12.4 Å². The standard InChI is InChI=1S/C20H27N5O3.ClH/c21-17(13-4-2-1-3-5-13)20(27)25-9-8-15(25)19(26)23-11-12-6-7-14-16(10-12)28-24-18(14)22;/h6-7,10,13,15,17H,1-5,8-9,11,21H2,(H2,22,24)(H,23,26);1H. The summed E-state index contributed by atoms with van der Waals surface area (Å²) in [6.45, 7) is 0.948. The van der Waals surface area contributed by atoms with Crippen LogP contribution in [-0.4, -0.2) is 40.5 Å². The van der Waals surface area contributed by atoms with Crippen LogP contribution in [0.1, 0.15) is 44.1 Å². The number of aromatic nitrogens is 1. The molecule has 2 atom stereocenters. The van der Waals surface area contributed by atoms with Gasteiger partial charge < -0.3 is 26.2 Å². The van der Waals surface area contributed by atoms with Crippen molar-refractivity contribution >= 4 is 41.0 Å². The first-order valence-corrected chi connectivity index (χ1v) is 10.0. The molecule has 1 aliphatic heterocycles. The summed E-state index contributed by atoms with van der Waals surface area (Å²) in [6, 6.07) is 4.59. The van der Waals surface area contributed by atoms with Crippen LogP contribution in [0.3, 0.4) is 0 Å². The Morgan fingerprint density at radius 1 is 1.24 bits per heavy atom. The van der Waals surface area contributed by atoms with Gasteiger partial charge in [0.1, 0.15) is 6.04 Å². The van der Waals surface area contributed by atoms with Gasteiger partial charge in [0.2, 0.25) is 11.8 Å². The van der Waals surface area contributed by atoms with Crippen LogP contribution in [0.5, 0.6) is 0 Å². The van der Waals surface area contributed by atoms with Crippen molar-refractivity contribution in [1.29, 1.82) is 0 Å². The molecule has 0 bridgehead atoms. The molecule has 158 valence electrons. The molecule has 9 heteroatoms. The Hall–Kier alpha value is -2.32. The maximum absolute atomic E-state index is 12.8. The smallest absolute Gasteiger partial charge is 0.243 e. The number of nitrogen functional groups attached to an aromatic ring is 1. The van der Waals surface area contributed by atoms with E-state index in [1.54, 1.807) is 4.90 Å². The third-order valence-electron chi connectivity index (χ3n) is 6.08. The van der Waals surface area contributed by atoms with Gasteiger partial charge in [0.15, 0.2) is 11.4 Å². The van der Waals surface area contributed by atoms with E-state index in [-0.39, 0.29) is 30.1 Å². The number of anilines is 1. The number of nitrogens with zero attached hydrogens (tertiary/aromatic N) is 2. The van der Waals surface area contributed by atoms with Crippen molar-refractivity contribution in [2.75, 3.05) is 12.3 Å². The average molecular weight is 422 g/mol. The lowest BCUT2D eigenvalue weighted by atomic mass is 9.83. The first kappa shape index (κ1) is 21.4. The van der Waals surface area contributed by atoms with Crippen molar-refractivity contribution in [3.05, 3.63) is 23.8 Å². The van der Waals surface area contributed by atoms with Gasteiger partial charge >= 0.3 is 0 Å². The number of nitrogens with one attached hydrogen (secondary N) is 1. The molecule has 1 aromatic carbocycles. The molecular weight excluding hydrogens is 394 g/mol. The summed E-state index contributed by atoms with van der Waals surface area (Å²) in [5.41, 5.74) is 13.4. The van der Waals surface area contributed by atoms with Gasteiger partial charge in [-0.1, -0.05) is 30.5 Å². The van der Waals surface area contributed by atoms with Crippen molar-refractivity contribution in [2.24, 2.45) is 11.7 Å². The minimum absolute atomic E-state index is 0. The Morgan fingerprint density at radius 3 is 2.69 bits per heavy atom. The van der Waals surface area contributed by atoms with Crippen LogP contribution in [-0.2, 0) is 16.1 Å². The summed E-state index contributed by atoms with van der Waals surface area (Å²) < 4.78 is 5.15. The molecule has 1 saturated heterocycles. The zero-order valence-electron chi connectivity index (χ0n) is 16.3. The molecule has 2 unspecified atom stereocenters. The molecule has 1 aliphatic carbocycles. The van der Waals surface area contributed by atoms with E-state index >= 15 is 0 Å². The van der Waals surface area contributed by atoms with Crippen LogP contribution < -0.4 is 16.8 Å². The monoisotopic (exact) mass is 421 g/mol. The molecule has 2 amide bonds. The van der Waals surface area contributed by atoms with Crippen molar-refractivity contribution in [3.8, 4) is 0 Å². The van der Waals surface area contributed by atoms with Gasteiger partial charge in [0.25, 0.3) is 0 Å². The van der Waals surface area contributed by atoms with E-state index in [1.807, 2.05) is 18.2 Å².